The Morgan fingerprint density at radius 3 is 2.94 bits per heavy atom. The van der Waals surface area contributed by atoms with Crippen molar-refractivity contribution in [2.45, 2.75) is 26.7 Å². The molecule has 0 radical (unpaired) electrons. The van der Waals surface area contributed by atoms with E-state index in [0.717, 1.165) is 23.9 Å². The molecular formula is C14H14N2S. The van der Waals surface area contributed by atoms with Gasteiger partial charge in [0.25, 0.3) is 0 Å². The molecular weight excluding hydrogens is 228 g/mol. The van der Waals surface area contributed by atoms with Gasteiger partial charge in [-0.3, -0.25) is 4.98 Å². The summed E-state index contributed by atoms with van der Waals surface area (Å²) in [7, 11) is 0. The van der Waals surface area contributed by atoms with Gasteiger partial charge in [0.2, 0.25) is 0 Å². The predicted molar refractivity (Wildman–Crippen MR) is 73.7 cm³/mol. The highest BCUT2D eigenvalue weighted by Crippen LogP contribution is 2.29. The summed E-state index contributed by atoms with van der Waals surface area (Å²) in [5, 5.41) is 2.45. The second kappa shape index (κ2) is 4.08. The number of hydrogen-bond acceptors (Lipinski definition) is 3. The predicted octanol–water partition coefficient (Wildman–Crippen LogP) is 4.11. The Bertz CT molecular complexity index is 685. The van der Waals surface area contributed by atoms with Crippen molar-refractivity contribution in [3.8, 4) is 0 Å². The third-order valence-corrected chi connectivity index (χ3v) is 4.05. The Morgan fingerprint density at radius 2 is 2.12 bits per heavy atom. The molecule has 0 N–H and O–H groups in total. The van der Waals surface area contributed by atoms with Crippen molar-refractivity contribution in [2.75, 3.05) is 0 Å². The van der Waals surface area contributed by atoms with Gasteiger partial charge in [-0.1, -0.05) is 19.1 Å². The molecule has 0 spiro atoms. The number of rotatable bonds is 2. The topological polar surface area (TPSA) is 25.8 Å². The number of benzene rings is 1. The van der Waals surface area contributed by atoms with E-state index in [9.17, 15) is 0 Å². The van der Waals surface area contributed by atoms with Crippen LogP contribution in [0.4, 0.5) is 0 Å². The molecule has 0 amide bonds. The van der Waals surface area contributed by atoms with Crippen molar-refractivity contribution in [1.29, 1.82) is 0 Å². The van der Waals surface area contributed by atoms with Gasteiger partial charge in [0.1, 0.15) is 5.52 Å². The molecule has 86 valence electrons. The molecule has 3 rings (SSSR count). The van der Waals surface area contributed by atoms with Crippen molar-refractivity contribution >= 4 is 32.5 Å². The molecule has 0 aliphatic heterocycles. The Kier molecular flexibility index (Phi) is 2.56. The van der Waals surface area contributed by atoms with E-state index >= 15 is 0 Å². The minimum Gasteiger partial charge on any atom is -0.254 e. The maximum Gasteiger partial charge on any atom is 0.100 e. The molecule has 2 aromatic heterocycles. The highest BCUT2D eigenvalue weighted by atomic mass is 32.1. The molecule has 0 aliphatic carbocycles. The van der Waals surface area contributed by atoms with E-state index in [1.807, 2.05) is 6.20 Å². The molecule has 1 aromatic carbocycles. The number of nitrogens with zero attached hydrogens (tertiary/aromatic N) is 2. The van der Waals surface area contributed by atoms with E-state index in [4.69, 9.17) is 0 Å². The molecule has 0 saturated carbocycles. The highest BCUT2D eigenvalue weighted by Gasteiger charge is 2.07. The summed E-state index contributed by atoms with van der Waals surface area (Å²) in [5.41, 5.74) is 3.36. The van der Waals surface area contributed by atoms with Crippen LogP contribution in [0.5, 0.6) is 0 Å². The van der Waals surface area contributed by atoms with Crippen molar-refractivity contribution in [2.24, 2.45) is 0 Å². The lowest BCUT2D eigenvalue weighted by atomic mass is 10.1. The van der Waals surface area contributed by atoms with E-state index < -0.39 is 0 Å². The molecule has 2 nitrogen and oxygen atoms in total. The van der Waals surface area contributed by atoms with Crippen molar-refractivity contribution in [3.63, 3.8) is 0 Å². The van der Waals surface area contributed by atoms with Gasteiger partial charge in [0.15, 0.2) is 0 Å². The van der Waals surface area contributed by atoms with Crippen LogP contribution < -0.4 is 0 Å². The lowest BCUT2D eigenvalue weighted by Crippen LogP contribution is -1.81. The van der Waals surface area contributed by atoms with Crippen LogP contribution in [-0.4, -0.2) is 9.97 Å². The number of thiazole rings is 1. The van der Waals surface area contributed by atoms with Crippen LogP contribution >= 0.6 is 11.3 Å². The summed E-state index contributed by atoms with van der Waals surface area (Å²) in [4.78, 5) is 9.12. The minimum absolute atomic E-state index is 1.04. The van der Waals surface area contributed by atoms with E-state index in [2.05, 4.69) is 42.0 Å². The molecule has 17 heavy (non-hydrogen) atoms. The zero-order valence-electron chi connectivity index (χ0n) is 10.0. The zero-order chi connectivity index (χ0) is 11.8. The van der Waals surface area contributed by atoms with Gasteiger partial charge in [-0.05, 0) is 31.4 Å². The van der Waals surface area contributed by atoms with Crippen LogP contribution in [0.1, 0.15) is 23.9 Å². The lowest BCUT2D eigenvalue weighted by molar-refractivity contribution is 0.912. The second-order valence-electron chi connectivity index (χ2n) is 4.35. The first-order chi connectivity index (χ1) is 8.28. The Balaban J connectivity index is 2.31. The van der Waals surface area contributed by atoms with Gasteiger partial charge >= 0.3 is 0 Å². The first-order valence-corrected chi connectivity index (χ1v) is 6.74. The molecule has 0 atom stereocenters. The maximum atomic E-state index is 4.63. The van der Waals surface area contributed by atoms with Gasteiger partial charge in [0, 0.05) is 5.39 Å². The second-order valence-corrected chi connectivity index (χ2v) is 5.43. The van der Waals surface area contributed by atoms with Crippen LogP contribution in [0.25, 0.3) is 21.1 Å². The summed E-state index contributed by atoms with van der Waals surface area (Å²) in [6.45, 7) is 4.28. The van der Waals surface area contributed by atoms with Crippen LogP contribution in [0, 0.1) is 6.92 Å². The van der Waals surface area contributed by atoms with Gasteiger partial charge in [0.05, 0.1) is 21.4 Å². The smallest absolute Gasteiger partial charge is 0.100 e. The molecule has 3 heteroatoms. The van der Waals surface area contributed by atoms with E-state index in [-0.39, 0.29) is 0 Å². The quantitative estimate of drug-likeness (QED) is 0.676. The standard InChI is InChI=1S/C14H14N2S/c1-3-4-13-16-12-8-15-11-7-9(2)5-6-10(11)14(12)17-13/h5-8H,3-4H2,1-2H3. The number of hydrogen-bond donors (Lipinski definition) is 0. The van der Waals surface area contributed by atoms with Crippen molar-refractivity contribution in [3.05, 3.63) is 35.0 Å². The maximum absolute atomic E-state index is 4.63. The third kappa shape index (κ3) is 1.80. The summed E-state index contributed by atoms with van der Waals surface area (Å²) >= 11 is 1.81. The van der Waals surface area contributed by atoms with Gasteiger partial charge in [-0.25, -0.2) is 4.98 Å². The van der Waals surface area contributed by atoms with Crippen LogP contribution in [0.15, 0.2) is 24.4 Å². The summed E-state index contributed by atoms with van der Waals surface area (Å²) in [6, 6.07) is 6.44. The minimum atomic E-state index is 1.04. The van der Waals surface area contributed by atoms with E-state index in [1.165, 1.54) is 20.7 Å². The zero-order valence-corrected chi connectivity index (χ0v) is 10.8. The number of aryl methyl sites for hydroxylation is 2. The summed E-state index contributed by atoms with van der Waals surface area (Å²) in [6.07, 6.45) is 4.10. The van der Waals surface area contributed by atoms with E-state index in [0.29, 0.717) is 0 Å². The number of aromatic nitrogens is 2. The molecule has 0 aliphatic rings. The summed E-state index contributed by atoms with van der Waals surface area (Å²) in [5.74, 6) is 0. The van der Waals surface area contributed by atoms with Gasteiger partial charge in [-0.15, -0.1) is 11.3 Å². The molecule has 2 heterocycles. The fourth-order valence-electron chi connectivity index (χ4n) is 2.05. The largest absolute Gasteiger partial charge is 0.254 e. The van der Waals surface area contributed by atoms with Gasteiger partial charge < -0.3 is 0 Å². The molecule has 3 aromatic rings. The first-order valence-electron chi connectivity index (χ1n) is 5.92. The summed E-state index contributed by atoms with van der Waals surface area (Å²) < 4.78 is 1.28. The van der Waals surface area contributed by atoms with Crippen molar-refractivity contribution < 1.29 is 0 Å². The molecule has 0 bridgehead atoms. The molecule has 0 unspecified atom stereocenters. The highest BCUT2D eigenvalue weighted by molar-refractivity contribution is 7.19. The normalized spacial score (nSPS) is 11.4. The van der Waals surface area contributed by atoms with Crippen LogP contribution in [0.3, 0.4) is 0 Å². The fourth-order valence-corrected chi connectivity index (χ4v) is 3.22. The monoisotopic (exact) mass is 242 g/mol. The SMILES string of the molecule is CCCc1nc2cnc3cc(C)ccc3c2s1. The average Bonchev–Trinajstić information content (AvgIpc) is 2.72. The lowest BCUT2D eigenvalue weighted by Gasteiger charge is -1.98. The molecule has 0 fully saturated rings. The van der Waals surface area contributed by atoms with Crippen molar-refractivity contribution in [1.82, 2.24) is 9.97 Å². The average molecular weight is 242 g/mol. The Labute approximate surface area is 104 Å². The third-order valence-electron chi connectivity index (χ3n) is 2.89. The number of fused-ring (bicyclic) bond motifs is 3. The van der Waals surface area contributed by atoms with Gasteiger partial charge in [-0.2, -0.15) is 0 Å². The van der Waals surface area contributed by atoms with Crippen LogP contribution in [0.2, 0.25) is 0 Å². The first kappa shape index (κ1) is 10.7. The van der Waals surface area contributed by atoms with E-state index in [1.54, 1.807) is 11.3 Å². The van der Waals surface area contributed by atoms with Crippen LogP contribution in [-0.2, 0) is 6.42 Å². The fraction of sp³-hybridized carbons (Fsp3) is 0.286. The molecule has 0 saturated heterocycles. The Hall–Kier alpha value is -1.48. The Morgan fingerprint density at radius 1 is 1.24 bits per heavy atom. The number of pyridine rings is 1.